The topological polar surface area (TPSA) is 30.7 Å². The molecule has 3 heteroatoms. The third kappa shape index (κ3) is 6.37. The van der Waals surface area contributed by atoms with Crippen LogP contribution in [0.5, 0.6) is 0 Å². The van der Waals surface area contributed by atoms with Gasteiger partial charge in [-0.15, -0.1) is 10.2 Å². The van der Waals surface area contributed by atoms with Crippen molar-refractivity contribution < 1.29 is 0 Å². The van der Waals surface area contributed by atoms with Gasteiger partial charge >= 0.3 is 0 Å². The highest BCUT2D eigenvalue weighted by Gasteiger charge is 2.20. The number of hydrogen-bond acceptors (Lipinski definition) is 2. The van der Waals surface area contributed by atoms with Crippen molar-refractivity contribution in [3.63, 3.8) is 0 Å². The molecule has 0 radical (unpaired) electrons. The standard InChI is InChI=1S/C45H41N3/c1-5-6-16-34-22-24-36(25-23-34)41-28-40(35-17-8-7-9-18-35)29-42(30-41)37-19-12-21-39(27-37)45-47-46-44(38-20-10-13-31(2)26-38)48(45)43-32(3)14-11-15-33(43)4/h7-15,17-30H,5-6,16H2,1-4H3. The lowest BCUT2D eigenvalue weighted by Crippen LogP contribution is -2.05. The summed E-state index contributed by atoms with van der Waals surface area (Å²) in [6.07, 6.45) is 3.54. The number of aromatic nitrogens is 3. The average Bonchev–Trinajstić information content (AvgIpc) is 3.56. The van der Waals surface area contributed by atoms with Crippen LogP contribution in [-0.2, 0) is 6.42 Å². The lowest BCUT2D eigenvalue weighted by Gasteiger charge is -2.17. The zero-order valence-corrected chi connectivity index (χ0v) is 28.2. The largest absolute Gasteiger partial charge is 0.274 e. The summed E-state index contributed by atoms with van der Waals surface area (Å²) in [4.78, 5) is 0. The fraction of sp³-hybridized carbons (Fsp3) is 0.156. The summed E-state index contributed by atoms with van der Waals surface area (Å²) in [6, 6.07) is 50.4. The molecule has 0 N–H and O–H groups in total. The molecular weight excluding hydrogens is 583 g/mol. The molecule has 0 saturated carbocycles. The molecule has 236 valence electrons. The average molecular weight is 624 g/mol. The summed E-state index contributed by atoms with van der Waals surface area (Å²) >= 11 is 0. The predicted octanol–water partition coefficient (Wildman–Crippen LogP) is 11.9. The fourth-order valence-electron chi connectivity index (χ4n) is 6.65. The van der Waals surface area contributed by atoms with Crippen molar-refractivity contribution in [2.45, 2.75) is 47.0 Å². The van der Waals surface area contributed by atoms with Crippen molar-refractivity contribution in [1.82, 2.24) is 14.8 Å². The van der Waals surface area contributed by atoms with Crippen molar-refractivity contribution in [2.75, 3.05) is 0 Å². The maximum absolute atomic E-state index is 4.86. The van der Waals surface area contributed by atoms with Crippen molar-refractivity contribution in [1.29, 1.82) is 0 Å². The van der Waals surface area contributed by atoms with Gasteiger partial charge in [-0.1, -0.05) is 128 Å². The molecule has 1 heterocycles. The van der Waals surface area contributed by atoms with Crippen molar-refractivity contribution in [2.24, 2.45) is 0 Å². The Morgan fingerprint density at radius 1 is 0.458 bits per heavy atom. The molecule has 1 aromatic heterocycles. The highest BCUT2D eigenvalue weighted by atomic mass is 15.3. The Bertz CT molecular complexity index is 2170. The zero-order valence-electron chi connectivity index (χ0n) is 28.2. The monoisotopic (exact) mass is 623 g/mol. The van der Waals surface area contributed by atoms with Crippen LogP contribution < -0.4 is 0 Å². The molecule has 0 unspecified atom stereocenters. The Kier molecular flexibility index (Phi) is 8.85. The minimum absolute atomic E-state index is 0.827. The van der Waals surface area contributed by atoms with Crippen LogP contribution in [0.3, 0.4) is 0 Å². The quantitative estimate of drug-likeness (QED) is 0.160. The normalized spacial score (nSPS) is 11.2. The maximum atomic E-state index is 4.86. The van der Waals surface area contributed by atoms with Gasteiger partial charge in [0.05, 0.1) is 5.69 Å². The van der Waals surface area contributed by atoms with E-state index < -0.39 is 0 Å². The summed E-state index contributed by atoms with van der Waals surface area (Å²) in [5.74, 6) is 1.67. The van der Waals surface area contributed by atoms with Gasteiger partial charge in [0.1, 0.15) is 0 Å². The molecule has 7 aromatic rings. The lowest BCUT2D eigenvalue weighted by molar-refractivity contribution is 0.795. The maximum Gasteiger partial charge on any atom is 0.168 e. The molecule has 48 heavy (non-hydrogen) atoms. The molecular formula is C45H41N3. The molecule has 0 atom stereocenters. The molecule has 0 fully saturated rings. The Morgan fingerprint density at radius 2 is 0.958 bits per heavy atom. The van der Waals surface area contributed by atoms with Gasteiger partial charge in [-0.05, 0) is 114 Å². The first-order valence-corrected chi connectivity index (χ1v) is 17.0. The SMILES string of the molecule is CCCCc1ccc(-c2cc(-c3ccccc3)cc(-c3cccc(-c4nnc(-c5cccc(C)c5)n4-c4c(C)cccc4C)c3)c2)cc1. The number of unbranched alkanes of at least 4 members (excludes halogenated alkanes) is 1. The molecule has 0 aliphatic rings. The van der Waals surface area contributed by atoms with Gasteiger partial charge in [-0.25, -0.2) is 0 Å². The summed E-state index contributed by atoms with van der Waals surface area (Å²) in [5, 5.41) is 9.67. The van der Waals surface area contributed by atoms with Crippen LogP contribution in [0.1, 0.15) is 42.0 Å². The summed E-state index contributed by atoms with van der Waals surface area (Å²) in [5.41, 5.74) is 15.3. The second-order valence-electron chi connectivity index (χ2n) is 12.8. The molecule has 0 bridgehead atoms. The van der Waals surface area contributed by atoms with Crippen LogP contribution in [0.4, 0.5) is 0 Å². The number of benzene rings is 6. The molecule has 0 saturated heterocycles. The Morgan fingerprint density at radius 3 is 1.58 bits per heavy atom. The van der Waals surface area contributed by atoms with E-state index in [-0.39, 0.29) is 0 Å². The van der Waals surface area contributed by atoms with E-state index in [0.717, 1.165) is 40.4 Å². The van der Waals surface area contributed by atoms with Gasteiger partial charge in [0.2, 0.25) is 0 Å². The van der Waals surface area contributed by atoms with Gasteiger partial charge in [0.15, 0.2) is 11.6 Å². The van der Waals surface area contributed by atoms with E-state index in [2.05, 4.69) is 172 Å². The smallest absolute Gasteiger partial charge is 0.168 e. The fourth-order valence-corrected chi connectivity index (χ4v) is 6.65. The first kappa shape index (κ1) is 31.1. The molecule has 0 aliphatic carbocycles. The van der Waals surface area contributed by atoms with Crippen LogP contribution in [0.25, 0.3) is 61.8 Å². The van der Waals surface area contributed by atoms with E-state index in [0.29, 0.717) is 0 Å². The summed E-state index contributed by atoms with van der Waals surface area (Å²) in [6.45, 7) is 8.69. The van der Waals surface area contributed by atoms with Crippen molar-refractivity contribution >= 4 is 0 Å². The Labute approximate surface area is 284 Å². The second kappa shape index (κ2) is 13.7. The van der Waals surface area contributed by atoms with E-state index in [4.69, 9.17) is 10.2 Å². The summed E-state index contributed by atoms with van der Waals surface area (Å²) in [7, 11) is 0. The third-order valence-electron chi connectivity index (χ3n) is 9.20. The van der Waals surface area contributed by atoms with E-state index in [9.17, 15) is 0 Å². The van der Waals surface area contributed by atoms with Crippen LogP contribution in [0.15, 0.2) is 140 Å². The van der Waals surface area contributed by atoms with E-state index in [1.165, 1.54) is 62.9 Å². The molecule has 0 aliphatic heterocycles. The van der Waals surface area contributed by atoms with Gasteiger partial charge in [-0.3, -0.25) is 4.57 Å². The lowest BCUT2D eigenvalue weighted by atomic mass is 9.92. The van der Waals surface area contributed by atoms with Crippen molar-refractivity contribution in [3.05, 3.63) is 162 Å². The van der Waals surface area contributed by atoms with Crippen molar-refractivity contribution in [3.8, 4) is 61.8 Å². The van der Waals surface area contributed by atoms with E-state index in [1.54, 1.807) is 0 Å². The number of aryl methyl sites for hydroxylation is 4. The van der Waals surface area contributed by atoms with Gasteiger partial charge in [-0.2, -0.15) is 0 Å². The van der Waals surface area contributed by atoms with Gasteiger partial charge in [0.25, 0.3) is 0 Å². The molecule has 0 amide bonds. The number of rotatable bonds is 9. The molecule has 3 nitrogen and oxygen atoms in total. The molecule has 0 spiro atoms. The third-order valence-corrected chi connectivity index (χ3v) is 9.20. The molecule has 6 aromatic carbocycles. The van der Waals surface area contributed by atoms with Crippen LogP contribution in [-0.4, -0.2) is 14.8 Å². The zero-order chi connectivity index (χ0) is 33.0. The van der Waals surface area contributed by atoms with Crippen LogP contribution in [0, 0.1) is 20.8 Å². The minimum atomic E-state index is 0.827. The highest BCUT2D eigenvalue weighted by Crippen LogP contribution is 2.36. The van der Waals surface area contributed by atoms with Gasteiger partial charge < -0.3 is 0 Å². The Hall–Kier alpha value is -5.54. The molecule has 7 rings (SSSR count). The highest BCUT2D eigenvalue weighted by molar-refractivity contribution is 5.83. The van der Waals surface area contributed by atoms with E-state index in [1.807, 2.05) is 0 Å². The minimum Gasteiger partial charge on any atom is -0.274 e. The Balaban J connectivity index is 1.37. The van der Waals surface area contributed by atoms with E-state index >= 15 is 0 Å². The van der Waals surface area contributed by atoms with Crippen LogP contribution >= 0.6 is 0 Å². The van der Waals surface area contributed by atoms with Gasteiger partial charge in [0, 0.05) is 11.1 Å². The predicted molar refractivity (Wildman–Crippen MR) is 201 cm³/mol. The first-order valence-electron chi connectivity index (χ1n) is 17.0. The number of hydrogen-bond donors (Lipinski definition) is 0. The van der Waals surface area contributed by atoms with Crippen LogP contribution in [0.2, 0.25) is 0 Å². The number of nitrogens with zero attached hydrogens (tertiary/aromatic N) is 3. The summed E-state index contributed by atoms with van der Waals surface area (Å²) < 4.78 is 2.24. The second-order valence-corrected chi connectivity index (χ2v) is 12.8. The first-order chi connectivity index (χ1) is 23.5. The number of para-hydroxylation sites is 1.